The molecular formula is C30H30O12. The molecule has 8 aliphatic heterocycles. The van der Waals surface area contributed by atoms with Gasteiger partial charge in [-0.3, -0.25) is 4.79 Å². The Bertz CT molecular complexity index is 1450. The molecule has 10 aliphatic rings. The highest BCUT2D eigenvalue weighted by atomic mass is 16.7. The minimum atomic E-state index is -0.500. The van der Waals surface area contributed by atoms with Crippen LogP contribution in [0, 0.1) is 17.8 Å². The monoisotopic (exact) mass is 582 g/mol. The minimum absolute atomic E-state index is 0.0244. The number of hydrogen-bond donors (Lipinski definition) is 0. The van der Waals surface area contributed by atoms with Crippen LogP contribution in [0.15, 0.2) is 35.5 Å². The zero-order valence-electron chi connectivity index (χ0n) is 23.2. The van der Waals surface area contributed by atoms with Crippen molar-refractivity contribution in [3.63, 3.8) is 0 Å². The average Bonchev–Trinajstić information content (AvgIpc) is 3.86. The number of epoxide rings is 4. The van der Waals surface area contributed by atoms with Gasteiger partial charge in [-0.1, -0.05) is 13.5 Å². The molecule has 0 unspecified atom stereocenters. The van der Waals surface area contributed by atoms with Gasteiger partial charge in [-0.25, -0.2) is 14.4 Å². The fourth-order valence-corrected chi connectivity index (χ4v) is 8.12. The predicted molar refractivity (Wildman–Crippen MR) is 134 cm³/mol. The Kier molecular flexibility index (Phi) is 4.79. The van der Waals surface area contributed by atoms with Gasteiger partial charge in [0.15, 0.2) is 0 Å². The first-order chi connectivity index (χ1) is 20.0. The maximum atomic E-state index is 12.1. The molecule has 222 valence electrons. The molecule has 8 heterocycles. The van der Waals surface area contributed by atoms with Crippen molar-refractivity contribution < 1.29 is 57.1 Å². The van der Waals surface area contributed by atoms with Gasteiger partial charge in [0.2, 0.25) is 0 Å². The molecule has 12 heteroatoms. The predicted octanol–water partition coefficient (Wildman–Crippen LogP) is 0.609. The summed E-state index contributed by atoms with van der Waals surface area (Å²) in [6.07, 6.45) is 2.55. The molecule has 15 atom stereocenters. The van der Waals surface area contributed by atoms with Gasteiger partial charge in [0, 0.05) is 24.3 Å². The van der Waals surface area contributed by atoms with Crippen molar-refractivity contribution in [2.24, 2.45) is 17.8 Å². The molecule has 12 nitrogen and oxygen atoms in total. The summed E-state index contributed by atoms with van der Waals surface area (Å²) < 4.78 is 44.7. The quantitative estimate of drug-likeness (QED) is 0.170. The van der Waals surface area contributed by atoms with Crippen molar-refractivity contribution in [3.8, 4) is 0 Å². The number of carbonyl (C=O) groups excluding carboxylic acids is 4. The molecule has 0 spiro atoms. The summed E-state index contributed by atoms with van der Waals surface area (Å²) in [5.74, 6) is -2.09. The second-order valence-electron chi connectivity index (χ2n) is 13.5. The van der Waals surface area contributed by atoms with E-state index in [1.165, 1.54) is 0 Å². The molecule has 0 aromatic heterocycles. The van der Waals surface area contributed by atoms with Gasteiger partial charge in [0.05, 0.1) is 34.2 Å². The molecule has 2 aliphatic carbocycles. The van der Waals surface area contributed by atoms with Crippen molar-refractivity contribution >= 4 is 23.9 Å². The fourth-order valence-electron chi connectivity index (χ4n) is 8.12. The zero-order valence-corrected chi connectivity index (χ0v) is 23.2. The molecule has 0 aromatic rings. The first-order valence-electron chi connectivity index (χ1n) is 14.6. The number of esters is 4. The average molecular weight is 583 g/mol. The van der Waals surface area contributed by atoms with Crippen LogP contribution in [0.3, 0.4) is 0 Å². The highest BCUT2D eigenvalue weighted by Gasteiger charge is 2.70. The Hall–Kier alpha value is -3.06. The third kappa shape index (κ3) is 3.49. The van der Waals surface area contributed by atoms with Crippen molar-refractivity contribution in [1.29, 1.82) is 0 Å². The number of hydrogen-bond acceptors (Lipinski definition) is 12. The van der Waals surface area contributed by atoms with Crippen molar-refractivity contribution in [3.05, 3.63) is 35.5 Å². The van der Waals surface area contributed by atoms with Gasteiger partial charge in [0.25, 0.3) is 0 Å². The van der Waals surface area contributed by atoms with Crippen molar-refractivity contribution in [2.75, 3.05) is 0 Å². The van der Waals surface area contributed by atoms with E-state index in [0.717, 1.165) is 0 Å². The van der Waals surface area contributed by atoms with Crippen LogP contribution >= 0.6 is 0 Å². The second-order valence-corrected chi connectivity index (χ2v) is 13.5. The van der Waals surface area contributed by atoms with Crippen LogP contribution in [0.25, 0.3) is 0 Å². The van der Waals surface area contributed by atoms with Gasteiger partial charge in [-0.05, 0) is 26.0 Å². The highest BCUT2D eigenvalue weighted by Crippen LogP contribution is 2.56. The van der Waals surface area contributed by atoms with Gasteiger partial charge in [0.1, 0.15) is 61.0 Å². The summed E-state index contributed by atoms with van der Waals surface area (Å²) in [6.45, 7) is 9.65. The molecule has 10 rings (SSSR count). The number of fused-ring (bicyclic) bond motifs is 14. The first-order valence-corrected chi connectivity index (χ1v) is 14.6. The zero-order chi connectivity index (χ0) is 29.0. The van der Waals surface area contributed by atoms with Crippen LogP contribution in [0.4, 0.5) is 0 Å². The van der Waals surface area contributed by atoms with Crippen LogP contribution < -0.4 is 0 Å². The van der Waals surface area contributed by atoms with E-state index in [1.807, 2.05) is 26.8 Å². The lowest BCUT2D eigenvalue weighted by molar-refractivity contribution is -0.145. The Morgan fingerprint density at radius 2 is 1.29 bits per heavy atom. The van der Waals surface area contributed by atoms with Crippen LogP contribution in [0.1, 0.15) is 33.6 Å². The second kappa shape index (κ2) is 7.90. The Morgan fingerprint density at radius 1 is 0.738 bits per heavy atom. The van der Waals surface area contributed by atoms with E-state index in [9.17, 15) is 19.2 Å². The lowest BCUT2D eigenvalue weighted by atomic mass is 9.81. The van der Waals surface area contributed by atoms with Gasteiger partial charge in [-0.2, -0.15) is 0 Å². The molecule has 0 radical (unpaired) electrons. The van der Waals surface area contributed by atoms with Gasteiger partial charge in [-0.15, -0.1) is 0 Å². The summed E-state index contributed by atoms with van der Waals surface area (Å²) in [4.78, 5) is 47.9. The number of carbonyl (C=O) groups is 4. The largest absolute Gasteiger partial charge is 0.462 e. The summed E-state index contributed by atoms with van der Waals surface area (Å²) >= 11 is 0. The van der Waals surface area contributed by atoms with Crippen LogP contribution in [0.5, 0.6) is 0 Å². The van der Waals surface area contributed by atoms with Gasteiger partial charge < -0.3 is 37.9 Å². The molecule has 6 fully saturated rings. The standard InChI is InChI=1S/C15H16O6.C15H14O6/c2*1-5-9-7-3-6(14(17)18-7)10-11(20-10)12-15(2,21-12)4-8(9)19-13(5)16/h3,5,7-12H,4H2,1-2H3;3,7-12H,1,4H2,2H3/t5-,7-,8+,9+,10-,11-,12-,15+;7-,8+,9+,10-,11-,12-,15+/m11/s1. The summed E-state index contributed by atoms with van der Waals surface area (Å²) in [5, 5.41) is 0. The molecule has 42 heavy (non-hydrogen) atoms. The number of ether oxygens (including phenoxy) is 8. The third-order valence-electron chi connectivity index (χ3n) is 10.7. The van der Waals surface area contributed by atoms with E-state index < -0.39 is 18.2 Å². The lowest BCUT2D eigenvalue weighted by Crippen LogP contribution is -2.35. The van der Waals surface area contributed by atoms with E-state index in [1.54, 1.807) is 6.08 Å². The number of rotatable bonds is 0. The molecule has 4 bridgehead atoms. The maximum Gasteiger partial charge on any atom is 0.337 e. The summed E-state index contributed by atoms with van der Waals surface area (Å²) in [6, 6.07) is 0. The smallest absolute Gasteiger partial charge is 0.337 e. The molecular weight excluding hydrogens is 552 g/mol. The molecule has 0 aromatic carbocycles. The van der Waals surface area contributed by atoms with Crippen LogP contribution in [-0.4, -0.2) is 96.1 Å². The SMILES string of the molecule is C=C1C(=O)O[C@H]2C[C@]3(C)O[C@@H]3[C@@H]3O[C@@H]3C3=C[C@@H](OC3=O)[C@H]12.C[C@H]1C(=O)O[C@H]2C[C@]3(C)O[C@@H]3[C@@H]3O[C@@H]3C3=C[C@@H](OC3=O)[C@@H]21. The first kappa shape index (κ1) is 25.4. The third-order valence-corrected chi connectivity index (χ3v) is 10.7. The van der Waals surface area contributed by atoms with Crippen LogP contribution in [-0.2, 0) is 57.1 Å². The Labute approximate surface area is 240 Å². The van der Waals surface area contributed by atoms with Gasteiger partial charge >= 0.3 is 23.9 Å². The van der Waals surface area contributed by atoms with E-state index >= 15 is 0 Å². The van der Waals surface area contributed by atoms with E-state index in [0.29, 0.717) is 29.6 Å². The Balaban J connectivity index is 0.000000119. The van der Waals surface area contributed by atoms with Crippen molar-refractivity contribution in [1.82, 2.24) is 0 Å². The summed E-state index contributed by atoms with van der Waals surface area (Å²) in [5.41, 5.74) is 0.788. The molecule has 0 amide bonds. The maximum absolute atomic E-state index is 12.1. The van der Waals surface area contributed by atoms with E-state index in [4.69, 9.17) is 37.9 Å². The lowest BCUT2D eigenvalue weighted by Gasteiger charge is -2.24. The van der Waals surface area contributed by atoms with E-state index in [-0.39, 0.29) is 95.7 Å². The fraction of sp³-hybridized carbons (Fsp3) is 0.667. The normalized spacial score (nSPS) is 54.7. The van der Waals surface area contributed by atoms with E-state index in [2.05, 4.69) is 6.58 Å². The van der Waals surface area contributed by atoms with Crippen molar-refractivity contribution in [2.45, 2.75) is 106 Å². The minimum Gasteiger partial charge on any atom is -0.462 e. The highest BCUT2D eigenvalue weighted by molar-refractivity contribution is 5.95. The Morgan fingerprint density at radius 3 is 1.90 bits per heavy atom. The molecule has 6 saturated heterocycles. The topological polar surface area (TPSA) is 155 Å². The van der Waals surface area contributed by atoms with Crippen LogP contribution in [0.2, 0.25) is 0 Å². The summed E-state index contributed by atoms with van der Waals surface area (Å²) in [7, 11) is 0. The molecule has 0 saturated carbocycles. The molecule has 0 N–H and O–H groups in total.